The van der Waals surface area contributed by atoms with E-state index < -0.39 is 0 Å². The van der Waals surface area contributed by atoms with Crippen LogP contribution in [0.3, 0.4) is 0 Å². The van der Waals surface area contributed by atoms with E-state index >= 15 is 0 Å². The lowest BCUT2D eigenvalue weighted by Crippen LogP contribution is -2.18. The monoisotopic (exact) mass is 297 g/mol. The summed E-state index contributed by atoms with van der Waals surface area (Å²) in [6.07, 6.45) is 0. The van der Waals surface area contributed by atoms with Crippen LogP contribution in [-0.2, 0) is 22.7 Å². The number of nitrogens with one attached hydrogen (secondary N) is 1. The molecule has 0 heterocycles. The van der Waals surface area contributed by atoms with Gasteiger partial charge in [-0.2, -0.15) is 0 Å². The van der Waals surface area contributed by atoms with E-state index in [4.69, 9.17) is 4.74 Å². The van der Waals surface area contributed by atoms with E-state index in [2.05, 4.69) is 5.32 Å². The highest BCUT2D eigenvalue weighted by atomic mass is 16.5. The molecular weight excluding hydrogens is 278 g/mol. The molecule has 0 radical (unpaired) electrons. The Morgan fingerprint density at radius 2 is 1.73 bits per heavy atom. The SMILES string of the molecule is CC(=O)NCc1ccc(C(=O)OCc2ccccc2C)cc1. The molecule has 0 atom stereocenters. The first-order valence-electron chi connectivity index (χ1n) is 7.11. The quantitative estimate of drug-likeness (QED) is 0.863. The number of hydrogen-bond acceptors (Lipinski definition) is 3. The molecule has 22 heavy (non-hydrogen) atoms. The maximum Gasteiger partial charge on any atom is 0.338 e. The third-order valence-electron chi connectivity index (χ3n) is 3.35. The molecule has 1 amide bonds. The number of carbonyl (C=O) groups is 2. The van der Waals surface area contributed by atoms with Gasteiger partial charge in [-0.3, -0.25) is 4.79 Å². The van der Waals surface area contributed by atoms with E-state index in [0.717, 1.165) is 16.7 Å². The molecule has 2 aromatic carbocycles. The Morgan fingerprint density at radius 1 is 1.05 bits per heavy atom. The number of rotatable bonds is 5. The molecule has 114 valence electrons. The predicted octanol–water partition coefficient (Wildman–Crippen LogP) is 2.99. The lowest BCUT2D eigenvalue weighted by Gasteiger charge is -2.08. The van der Waals surface area contributed by atoms with Crippen LogP contribution in [0.5, 0.6) is 0 Å². The Bertz CT molecular complexity index is 662. The molecule has 0 fully saturated rings. The fourth-order valence-corrected chi connectivity index (χ4v) is 1.98. The van der Waals surface area contributed by atoms with E-state index in [1.165, 1.54) is 6.92 Å². The predicted molar refractivity (Wildman–Crippen MR) is 84.3 cm³/mol. The average Bonchev–Trinajstić information content (AvgIpc) is 2.52. The Kier molecular flexibility index (Phi) is 5.31. The first-order valence-corrected chi connectivity index (χ1v) is 7.11. The van der Waals surface area contributed by atoms with Crippen molar-refractivity contribution in [2.75, 3.05) is 0 Å². The van der Waals surface area contributed by atoms with Crippen LogP contribution < -0.4 is 5.32 Å². The van der Waals surface area contributed by atoms with Gasteiger partial charge in [0.15, 0.2) is 0 Å². The van der Waals surface area contributed by atoms with Gasteiger partial charge in [0.05, 0.1) is 5.56 Å². The lowest BCUT2D eigenvalue weighted by molar-refractivity contribution is -0.119. The number of carbonyl (C=O) groups excluding carboxylic acids is 2. The summed E-state index contributed by atoms with van der Waals surface area (Å²) < 4.78 is 5.32. The van der Waals surface area contributed by atoms with Crippen LogP contribution in [0, 0.1) is 6.92 Å². The summed E-state index contributed by atoms with van der Waals surface area (Å²) in [6, 6.07) is 14.8. The molecule has 0 saturated carbocycles. The molecule has 1 N–H and O–H groups in total. The summed E-state index contributed by atoms with van der Waals surface area (Å²) in [5.41, 5.74) is 3.53. The molecule has 2 rings (SSSR count). The highest BCUT2D eigenvalue weighted by molar-refractivity contribution is 5.89. The number of benzene rings is 2. The fourth-order valence-electron chi connectivity index (χ4n) is 1.98. The number of esters is 1. The second-order valence-corrected chi connectivity index (χ2v) is 5.11. The molecule has 0 aromatic heterocycles. The second kappa shape index (κ2) is 7.41. The standard InChI is InChI=1S/C18H19NO3/c1-13-5-3-4-6-17(13)12-22-18(21)16-9-7-15(8-10-16)11-19-14(2)20/h3-10H,11-12H2,1-2H3,(H,19,20). The van der Waals surface area contributed by atoms with Crippen molar-refractivity contribution in [3.63, 3.8) is 0 Å². The van der Waals surface area contributed by atoms with Gasteiger partial charge in [0.25, 0.3) is 0 Å². The number of hydrogen-bond donors (Lipinski definition) is 1. The highest BCUT2D eigenvalue weighted by Crippen LogP contribution is 2.11. The molecule has 0 aliphatic heterocycles. The minimum atomic E-state index is -0.352. The van der Waals surface area contributed by atoms with Crippen molar-refractivity contribution in [3.8, 4) is 0 Å². The summed E-state index contributed by atoms with van der Waals surface area (Å²) in [5.74, 6) is -0.434. The minimum absolute atomic E-state index is 0.0817. The van der Waals surface area contributed by atoms with Gasteiger partial charge in [-0.25, -0.2) is 4.79 Å². The Balaban J connectivity index is 1.92. The van der Waals surface area contributed by atoms with Gasteiger partial charge >= 0.3 is 5.97 Å². The fraction of sp³-hybridized carbons (Fsp3) is 0.222. The molecule has 2 aromatic rings. The van der Waals surface area contributed by atoms with E-state index in [1.54, 1.807) is 24.3 Å². The van der Waals surface area contributed by atoms with Crippen molar-refractivity contribution in [2.24, 2.45) is 0 Å². The van der Waals surface area contributed by atoms with Crippen LogP contribution >= 0.6 is 0 Å². The van der Waals surface area contributed by atoms with Crippen LogP contribution in [0.25, 0.3) is 0 Å². The van der Waals surface area contributed by atoms with E-state index in [-0.39, 0.29) is 18.5 Å². The van der Waals surface area contributed by atoms with Gasteiger partial charge in [-0.05, 0) is 35.7 Å². The zero-order valence-corrected chi connectivity index (χ0v) is 12.8. The summed E-state index contributed by atoms with van der Waals surface area (Å²) in [7, 11) is 0. The Morgan fingerprint density at radius 3 is 2.36 bits per heavy atom. The lowest BCUT2D eigenvalue weighted by atomic mass is 10.1. The maximum absolute atomic E-state index is 12.0. The number of amides is 1. The van der Waals surface area contributed by atoms with Crippen molar-refractivity contribution < 1.29 is 14.3 Å². The third kappa shape index (κ3) is 4.45. The van der Waals surface area contributed by atoms with Crippen LogP contribution in [-0.4, -0.2) is 11.9 Å². The molecule has 0 aliphatic rings. The van der Waals surface area contributed by atoms with E-state index in [0.29, 0.717) is 12.1 Å². The molecule has 0 spiro atoms. The summed E-state index contributed by atoms with van der Waals surface area (Å²) >= 11 is 0. The summed E-state index contributed by atoms with van der Waals surface area (Å²) in [5, 5.41) is 2.71. The summed E-state index contributed by atoms with van der Waals surface area (Å²) in [6.45, 7) is 4.17. The van der Waals surface area contributed by atoms with Crippen molar-refractivity contribution in [2.45, 2.75) is 27.0 Å². The van der Waals surface area contributed by atoms with Gasteiger partial charge in [0.2, 0.25) is 5.91 Å². The van der Waals surface area contributed by atoms with Gasteiger partial charge in [0.1, 0.15) is 6.61 Å². The normalized spacial score (nSPS) is 10.1. The van der Waals surface area contributed by atoms with Gasteiger partial charge < -0.3 is 10.1 Å². The van der Waals surface area contributed by atoms with Crippen LogP contribution in [0.4, 0.5) is 0 Å². The third-order valence-corrected chi connectivity index (χ3v) is 3.35. The average molecular weight is 297 g/mol. The van der Waals surface area contributed by atoms with Crippen molar-refractivity contribution in [1.82, 2.24) is 5.32 Å². The first-order chi connectivity index (χ1) is 10.6. The topological polar surface area (TPSA) is 55.4 Å². The van der Waals surface area contributed by atoms with Crippen molar-refractivity contribution in [3.05, 3.63) is 70.8 Å². The number of aryl methyl sites for hydroxylation is 1. The largest absolute Gasteiger partial charge is 0.457 e. The van der Waals surface area contributed by atoms with Crippen molar-refractivity contribution in [1.29, 1.82) is 0 Å². The molecular formula is C18H19NO3. The van der Waals surface area contributed by atoms with Gasteiger partial charge in [0, 0.05) is 13.5 Å². The van der Waals surface area contributed by atoms with Crippen LogP contribution in [0.15, 0.2) is 48.5 Å². The van der Waals surface area contributed by atoms with Crippen LogP contribution in [0.2, 0.25) is 0 Å². The van der Waals surface area contributed by atoms with E-state index in [1.807, 2.05) is 31.2 Å². The Labute approximate surface area is 130 Å². The van der Waals surface area contributed by atoms with Crippen molar-refractivity contribution >= 4 is 11.9 Å². The van der Waals surface area contributed by atoms with E-state index in [9.17, 15) is 9.59 Å². The molecule has 4 heteroatoms. The molecule has 0 unspecified atom stereocenters. The molecule has 0 saturated heterocycles. The zero-order chi connectivity index (χ0) is 15.9. The molecule has 0 bridgehead atoms. The number of ether oxygens (including phenoxy) is 1. The first kappa shape index (κ1) is 15.8. The Hall–Kier alpha value is -2.62. The van der Waals surface area contributed by atoms with Gasteiger partial charge in [-0.1, -0.05) is 36.4 Å². The van der Waals surface area contributed by atoms with Gasteiger partial charge in [-0.15, -0.1) is 0 Å². The van der Waals surface area contributed by atoms with Crippen LogP contribution in [0.1, 0.15) is 34.0 Å². The molecule has 0 aliphatic carbocycles. The minimum Gasteiger partial charge on any atom is -0.457 e. The highest BCUT2D eigenvalue weighted by Gasteiger charge is 2.08. The summed E-state index contributed by atoms with van der Waals surface area (Å²) in [4.78, 5) is 22.9. The maximum atomic E-state index is 12.0. The molecule has 4 nitrogen and oxygen atoms in total. The smallest absolute Gasteiger partial charge is 0.338 e. The second-order valence-electron chi connectivity index (χ2n) is 5.11. The zero-order valence-electron chi connectivity index (χ0n) is 12.8.